The SMILES string of the molecule is COc1cc(/C=N\NC(=O)CCCCCCCCC(=O)N/N=C\c2ccc(OC(=O)c3ccccc3)c(OC)c2)ccc1OC(=O)c1ccccc1. The molecule has 4 rings (SSSR count). The van der Waals surface area contributed by atoms with Crippen LogP contribution in [0.3, 0.4) is 0 Å². The van der Waals surface area contributed by atoms with Crippen LogP contribution in [0.15, 0.2) is 107 Å². The van der Waals surface area contributed by atoms with Gasteiger partial charge in [-0.2, -0.15) is 10.2 Å². The van der Waals surface area contributed by atoms with E-state index in [0.29, 0.717) is 46.6 Å². The maximum Gasteiger partial charge on any atom is 0.343 e. The maximum absolute atomic E-state index is 12.4. The number of esters is 2. The molecule has 0 fully saturated rings. The molecular formula is C40H42N4O8. The summed E-state index contributed by atoms with van der Waals surface area (Å²) in [6, 6.07) is 27.3. The molecule has 2 amide bonds. The summed E-state index contributed by atoms with van der Waals surface area (Å²) in [5.74, 6) is -0.0858. The molecule has 0 aliphatic rings. The van der Waals surface area contributed by atoms with E-state index in [1.165, 1.54) is 26.6 Å². The highest BCUT2D eigenvalue weighted by molar-refractivity contribution is 5.92. The van der Waals surface area contributed by atoms with Gasteiger partial charge in [0, 0.05) is 12.8 Å². The quantitative estimate of drug-likeness (QED) is 0.0352. The molecule has 52 heavy (non-hydrogen) atoms. The molecule has 12 nitrogen and oxygen atoms in total. The van der Waals surface area contributed by atoms with Gasteiger partial charge in [-0.15, -0.1) is 0 Å². The Bertz CT molecular complexity index is 1710. The lowest BCUT2D eigenvalue weighted by atomic mass is 10.1. The third-order valence-corrected chi connectivity index (χ3v) is 7.66. The van der Waals surface area contributed by atoms with E-state index in [0.717, 1.165) is 38.5 Å². The van der Waals surface area contributed by atoms with Crippen molar-refractivity contribution in [2.45, 2.75) is 51.4 Å². The second kappa shape index (κ2) is 21.0. The summed E-state index contributed by atoms with van der Waals surface area (Å²) in [5, 5.41) is 8.04. The van der Waals surface area contributed by atoms with E-state index in [-0.39, 0.29) is 23.3 Å². The molecule has 270 valence electrons. The molecule has 4 aromatic carbocycles. The monoisotopic (exact) mass is 706 g/mol. The minimum Gasteiger partial charge on any atom is -0.493 e. The molecule has 0 unspecified atom stereocenters. The minimum absolute atomic E-state index is 0.185. The molecule has 4 aromatic rings. The number of ether oxygens (including phenoxy) is 4. The zero-order valence-corrected chi connectivity index (χ0v) is 29.2. The second-order valence-corrected chi connectivity index (χ2v) is 11.5. The molecule has 0 spiro atoms. The van der Waals surface area contributed by atoms with Gasteiger partial charge in [0.05, 0.1) is 37.8 Å². The lowest BCUT2D eigenvalue weighted by Crippen LogP contribution is -2.17. The molecule has 0 aliphatic carbocycles. The van der Waals surface area contributed by atoms with Crippen LogP contribution in [0, 0.1) is 0 Å². The highest BCUT2D eigenvalue weighted by Gasteiger charge is 2.14. The zero-order valence-electron chi connectivity index (χ0n) is 29.2. The van der Waals surface area contributed by atoms with Gasteiger partial charge in [-0.1, -0.05) is 62.1 Å². The fourth-order valence-electron chi connectivity index (χ4n) is 4.91. The predicted molar refractivity (Wildman–Crippen MR) is 197 cm³/mol. The molecule has 0 aliphatic heterocycles. The van der Waals surface area contributed by atoms with E-state index >= 15 is 0 Å². The van der Waals surface area contributed by atoms with Crippen LogP contribution in [0.4, 0.5) is 0 Å². The number of rotatable bonds is 19. The van der Waals surface area contributed by atoms with Gasteiger partial charge in [-0.25, -0.2) is 20.4 Å². The summed E-state index contributed by atoms with van der Waals surface area (Å²) < 4.78 is 21.6. The first-order valence-corrected chi connectivity index (χ1v) is 16.9. The molecule has 12 heteroatoms. The maximum atomic E-state index is 12.4. The van der Waals surface area contributed by atoms with Gasteiger partial charge in [0.15, 0.2) is 23.0 Å². The first kappa shape index (κ1) is 38.5. The molecule has 0 saturated heterocycles. The Balaban J connectivity index is 1.05. The van der Waals surface area contributed by atoms with E-state index < -0.39 is 11.9 Å². The largest absolute Gasteiger partial charge is 0.493 e. The third kappa shape index (κ3) is 12.9. The van der Waals surface area contributed by atoms with Crippen molar-refractivity contribution in [1.82, 2.24) is 10.9 Å². The second-order valence-electron chi connectivity index (χ2n) is 11.5. The van der Waals surface area contributed by atoms with E-state index in [9.17, 15) is 19.2 Å². The van der Waals surface area contributed by atoms with Crippen molar-refractivity contribution in [3.63, 3.8) is 0 Å². The van der Waals surface area contributed by atoms with Crippen LogP contribution >= 0.6 is 0 Å². The Morgan fingerprint density at radius 3 is 1.29 bits per heavy atom. The summed E-state index contributed by atoms with van der Waals surface area (Å²) in [5.41, 5.74) is 7.24. The van der Waals surface area contributed by atoms with Crippen molar-refractivity contribution < 1.29 is 38.1 Å². The van der Waals surface area contributed by atoms with Crippen molar-refractivity contribution in [3.05, 3.63) is 119 Å². The van der Waals surface area contributed by atoms with Gasteiger partial charge >= 0.3 is 11.9 Å². The lowest BCUT2D eigenvalue weighted by Gasteiger charge is -2.10. The molecular weight excluding hydrogens is 664 g/mol. The summed E-state index contributed by atoms with van der Waals surface area (Å²) >= 11 is 0. The van der Waals surface area contributed by atoms with Crippen LogP contribution in [-0.4, -0.2) is 50.4 Å². The molecule has 0 heterocycles. The van der Waals surface area contributed by atoms with E-state index in [2.05, 4.69) is 21.1 Å². The minimum atomic E-state index is -0.494. The molecule has 2 N–H and O–H groups in total. The zero-order chi connectivity index (χ0) is 37.0. The molecule has 0 radical (unpaired) electrons. The number of benzene rings is 4. The Morgan fingerprint density at radius 2 is 0.904 bits per heavy atom. The van der Waals surface area contributed by atoms with Gasteiger partial charge in [-0.05, 0) is 84.6 Å². The number of nitrogens with zero attached hydrogens (tertiary/aromatic N) is 2. The van der Waals surface area contributed by atoms with Crippen LogP contribution in [0.25, 0.3) is 0 Å². The number of nitrogens with one attached hydrogen (secondary N) is 2. The predicted octanol–water partition coefficient (Wildman–Crippen LogP) is 6.86. The standard InChI is InChI=1S/C40H42N4O8/c1-49-35-25-29(21-23-33(35)51-39(47)31-15-9-7-10-16-31)27-41-43-37(45)19-13-5-3-4-6-14-20-38(46)44-42-28-30-22-24-34(36(26-30)50-2)52-40(48)32-17-11-8-12-18-32/h7-12,15-18,21-28H,3-6,13-14,19-20H2,1-2H3,(H,43,45)(H,44,46)/b41-27-,42-28-. The molecule has 0 aromatic heterocycles. The summed E-state index contributed by atoms with van der Waals surface area (Å²) in [4.78, 5) is 49.1. The van der Waals surface area contributed by atoms with Gasteiger partial charge < -0.3 is 18.9 Å². The fourth-order valence-corrected chi connectivity index (χ4v) is 4.91. The van der Waals surface area contributed by atoms with E-state index in [4.69, 9.17) is 18.9 Å². The van der Waals surface area contributed by atoms with Gasteiger partial charge in [0.1, 0.15) is 0 Å². The Hall–Kier alpha value is -6.30. The molecule has 0 atom stereocenters. The highest BCUT2D eigenvalue weighted by Crippen LogP contribution is 2.29. The normalized spacial score (nSPS) is 10.9. The van der Waals surface area contributed by atoms with Crippen LogP contribution < -0.4 is 29.8 Å². The van der Waals surface area contributed by atoms with Crippen molar-refractivity contribution in [2.24, 2.45) is 10.2 Å². The number of amides is 2. The van der Waals surface area contributed by atoms with Crippen LogP contribution in [-0.2, 0) is 9.59 Å². The highest BCUT2D eigenvalue weighted by atomic mass is 16.6. The first-order valence-electron chi connectivity index (χ1n) is 16.9. The van der Waals surface area contributed by atoms with Crippen LogP contribution in [0.1, 0.15) is 83.2 Å². The fraction of sp³-hybridized carbons (Fsp3) is 0.250. The number of hydrogen-bond acceptors (Lipinski definition) is 10. The van der Waals surface area contributed by atoms with Crippen molar-refractivity contribution in [3.8, 4) is 23.0 Å². The van der Waals surface area contributed by atoms with Crippen molar-refractivity contribution >= 4 is 36.2 Å². The van der Waals surface area contributed by atoms with E-state index in [1.807, 2.05) is 12.1 Å². The van der Waals surface area contributed by atoms with Crippen molar-refractivity contribution in [2.75, 3.05) is 14.2 Å². The average Bonchev–Trinajstić information content (AvgIpc) is 3.17. The van der Waals surface area contributed by atoms with Gasteiger partial charge in [0.2, 0.25) is 11.8 Å². The first-order chi connectivity index (χ1) is 25.4. The van der Waals surface area contributed by atoms with Crippen LogP contribution in [0.2, 0.25) is 0 Å². The number of unbranched alkanes of at least 4 members (excludes halogenated alkanes) is 5. The van der Waals surface area contributed by atoms with Gasteiger partial charge in [0.25, 0.3) is 0 Å². The summed E-state index contributed by atoms with van der Waals surface area (Å²) in [6.45, 7) is 0. The Kier molecular flexibility index (Phi) is 15.6. The number of carbonyl (C=O) groups is 4. The smallest absolute Gasteiger partial charge is 0.343 e. The summed E-state index contributed by atoms with van der Waals surface area (Å²) in [6.07, 6.45) is 8.83. The Labute approximate surface area is 302 Å². The Morgan fingerprint density at radius 1 is 0.519 bits per heavy atom. The lowest BCUT2D eigenvalue weighted by molar-refractivity contribution is -0.122. The average molecular weight is 707 g/mol. The summed E-state index contributed by atoms with van der Waals surface area (Å²) in [7, 11) is 2.95. The van der Waals surface area contributed by atoms with E-state index in [1.54, 1.807) is 84.9 Å². The third-order valence-electron chi connectivity index (χ3n) is 7.66. The number of hydrogen-bond donors (Lipinski definition) is 2. The van der Waals surface area contributed by atoms with Crippen LogP contribution in [0.5, 0.6) is 23.0 Å². The number of methoxy groups -OCH3 is 2. The van der Waals surface area contributed by atoms with Gasteiger partial charge in [-0.3, -0.25) is 9.59 Å². The van der Waals surface area contributed by atoms with Crippen molar-refractivity contribution in [1.29, 1.82) is 0 Å². The topological polar surface area (TPSA) is 154 Å². The molecule has 0 saturated carbocycles. The number of carbonyl (C=O) groups excluding carboxylic acids is 4. The molecule has 0 bridgehead atoms. The number of hydrazone groups is 2.